The Bertz CT molecular complexity index is 512. The normalized spacial score (nSPS) is 50.0. The van der Waals surface area contributed by atoms with Crippen molar-refractivity contribution in [2.24, 2.45) is 40.9 Å². The van der Waals surface area contributed by atoms with Crippen LogP contribution in [0, 0.1) is 40.9 Å². The van der Waals surface area contributed by atoms with Gasteiger partial charge in [-0.3, -0.25) is 0 Å². The van der Waals surface area contributed by atoms with E-state index in [-0.39, 0.29) is 0 Å². The molecule has 4 aliphatic carbocycles. The van der Waals surface area contributed by atoms with Crippen molar-refractivity contribution in [3.63, 3.8) is 0 Å². The molecule has 7 atom stereocenters. The molecule has 4 aliphatic rings. The molecular weight excluding hydrogens is 288 g/mol. The summed E-state index contributed by atoms with van der Waals surface area (Å²) in [4.78, 5) is 0. The van der Waals surface area contributed by atoms with Crippen LogP contribution in [0.25, 0.3) is 0 Å². The highest BCUT2D eigenvalue weighted by atomic mass is 14.6. The van der Waals surface area contributed by atoms with Gasteiger partial charge in [0, 0.05) is 5.92 Å². The number of fused-ring (bicyclic) bond motifs is 5. The fourth-order valence-electron chi connectivity index (χ4n) is 7.40. The van der Waals surface area contributed by atoms with Crippen molar-refractivity contribution < 1.29 is 0 Å². The van der Waals surface area contributed by atoms with Gasteiger partial charge >= 0.3 is 0 Å². The lowest BCUT2D eigenvalue weighted by atomic mass is 9.52. The van der Waals surface area contributed by atoms with Crippen LogP contribution in [0.15, 0.2) is 23.8 Å². The van der Waals surface area contributed by atoms with Crippen molar-refractivity contribution in [1.82, 2.24) is 0 Å². The third-order valence-electron chi connectivity index (χ3n) is 8.61. The fourth-order valence-corrected chi connectivity index (χ4v) is 7.40. The van der Waals surface area contributed by atoms with E-state index in [1.165, 1.54) is 64.2 Å². The Labute approximate surface area is 150 Å². The lowest BCUT2D eigenvalue weighted by molar-refractivity contribution is -0.0134. The van der Waals surface area contributed by atoms with Crippen LogP contribution in [-0.4, -0.2) is 0 Å². The monoisotopic (exact) mass is 326 g/mol. The van der Waals surface area contributed by atoms with Crippen molar-refractivity contribution in [2.45, 2.75) is 85.0 Å². The molecule has 24 heavy (non-hydrogen) atoms. The summed E-state index contributed by atoms with van der Waals surface area (Å²) < 4.78 is 0. The third-order valence-corrected chi connectivity index (χ3v) is 8.61. The van der Waals surface area contributed by atoms with Gasteiger partial charge in [0.1, 0.15) is 0 Å². The number of rotatable bonds is 2. The van der Waals surface area contributed by atoms with Gasteiger partial charge in [-0.15, -0.1) is 0 Å². The Hall–Kier alpha value is -0.520. The first-order valence-electron chi connectivity index (χ1n) is 11.0. The zero-order chi connectivity index (χ0) is 16.7. The van der Waals surface area contributed by atoms with Crippen molar-refractivity contribution in [1.29, 1.82) is 0 Å². The van der Waals surface area contributed by atoms with Crippen molar-refractivity contribution in [3.8, 4) is 0 Å². The Morgan fingerprint density at radius 3 is 2.79 bits per heavy atom. The summed E-state index contributed by atoms with van der Waals surface area (Å²) >= 11 is 0. The molecule has 0 aromatic heterocycles. The molecule has 134 valence electrons. The quantitative estimate of drug-likeness (QED) is 0.472. The topological polar surface area (TPSA) is 0 Å². The van der Waals surface area contributed by atoms with Crippen LogP contribution >= 0.6 is 0 Å². The minimum absolute atomic E-state index is 0.678. The number of allylic oxidation sites excluding steroid dienone is 4. The Kier molecular flexibility index (Phi) is 4.69. The number of hydrogen-bond donors (Lipinski definition) is 0. The third kappa shape index (κ3) is 2.73. The Morgan fingerprint density at radius 1 is 1.08 bits per heavy atom. The molecule has 0 spiro atoms. The Balaban J connectivity index is 1.59. The molecule has 0 radical (unpaired) electrons. The minimum Gasteiger partial charge on any atom is -0.0879 e. The fraction of sp³-hybridized carbons (Fsp3) is 0.833. The van der Waals surface area contributed by atoms with E-state index in [1.54, 1.807) is 0 Å². The SMILES string of the molecule is CCCC1CCC2C3CC/C4=C/C(C)CCC=CC4C3CC[C@]12C. The average Bonchev–Trinajstić information content (AvgIpc) is 2.88. The standard InChI is InChI=1S/C24H38/c1-4-7-19-11-13-23-22-12-10-18-16-17(2)8-5-6-9-20(18)21(22)14-15-24(19,23)3/h6,9,16-17,19-23H,4-5,7-8,10-15H2,1-3H3/b9-6?,18-16-/t17?,19?,20?,21?,22?,23?,24-/m1/s1. The summed E-state index contributed by atoms with van der Waals surface area (Å²) in [6.45, 7) is 7.50. The molecule has 0 N–H and O–H groups in total. The second-order valence-electron chi connectivity index (χ2n) is 9.83. The van der Waals surface area contributed by atoms with Gasteiger partial charge in [-0.05, 0) is 86.4 Å². The van der Waals surface area contributed by atoms with Gasteiger partial charge in [0.25, 0.3) is 0 Å². The molecule has 0 saturated heterocycles. The van der Waals surface area contributed by atoms with Gasteiger partial charge in [-0.2, -0.15) is 0 Å². The van der Waals surface area contributed by atoms with Crippen molar-refractivity contribution in [3.05, 3.63) is 23.8 Å². The van der Waals surface area contributed by atoms with E-state index in [0.29, 0.717) is 5.41 Å². The lowest BCUT2D eigenvalue weighted by Crippen LogP contribution is -2.45. The number of hydrogen-bond acceptors (Lipinski definition) is 0. The smallest absolute Gasteiger partial charge is 0.000786 e. The molecule has 0 heterocycles. The molecule has 0 amide bonds. The molecule has 0 aliphatic heterocycles. The van der Waals surface area contributed by atoms with Crippen LogP contribution in [0.3, 0.4) is 0 Å². The molecule has 3 fully saturated rings. The minimum atomic E-state index is 0.678. The maximum Gasteiger partial charge on any atom is 0.000786 e. The molecular formula is C24H38. The van der Waals surface area contributed by atoms with Gasteiger partial charge in [0.15, 0.2) is 0 Å². The molecule has 0 bridgehead atoms. The van der Waals surface area contributed by atoms with E-state index in [2.05, 4.69) is 39.0 Å². The summed E-state index contributed by atoms with van der Waals surface area (Å²) in [5.74, 6) is 5.63. The molecule has 3 saturated carbocycles. The second kappa shape index (κ2) is 6.65. The summed E-state index contributed by atoms with van der Waals surface area (Å²) in [6.07, 6.45) is 22.3. The lowest BCUT2D eigenvalue weighted by Gasteiger charge is -2.53. The van der Waals surface area contributed by atoms with E-state index >= 15 is 0 Å². The largest absolute Gasteiger partial charge is 0.0879 e. The maximum absolute atomic E-state index is 2.68. The van der Waals surface area contributed by atoms with Crippen LogP contribution < -0.4 is 0 Å². The van der Waals surface area contributed by atoms with E-state index in [1.807, 2.05) is 5.57 Å². The van der Waals surface area contributed by atoms with Crippen LogP contribution in [0.2, 0.25) is 0 Å². The van der Waals surface area contributed by atoms with Crippen molar-refractivity contribution >= 4 is 0 Å². The second-order valence-corrected chi connectivity index (χ2v) is 9.83. The predicted molar refractivity (Wildman–Crippen MR) is 104 cm³/mol. The maximum atomic E-state index is 2.68. The molecule has 4 rings (SSSR count). The van der Waals surface area contributed by atoms with E-state index in [0.717, 1.165) is 35.5 Å². The van der Waals surface area contributed by atoms with Crippen LogP contribution in [0.5, 0.6) is 0 Å². The summed E-state index contributed by atoms with van der Waals surface area (Å²) in [7, 11) is 0. The molecule has 0 nitrogen and oxygen atoms in total. The highest BCUT2D eigenvalue weighted by Crippen LogP contribution is 2.63. The highest BCUT2D eigenvalue weighted by Gasteiger charge is 2.55. The molecule has 0 aromatic rings. The molecule has 6 unspecified atom stereocenters. The van der Waals surface area contributed by atoms with Crippen molar-refractivity contribution in [2.75, 3.05) is 0 Å². The van der Waals surface area contributed by atoms with Gasteiger partial charge in [-0.1, -0.05) is 57.4 Å². The van der Waals surface area contributed by atoms with Crippen LogP contribution in [0.4, 0.5) is 0 Å². The van der Waals surface area contributed by atoms with Crippen LogP contribution in [0.1, 0.15) is 85.0 Å². The van der Waals surface area contributed by atoms with Gasteiger partial charge in [0.2, 0.25) is 0 Å². The van der Waals surface area contributed by atoms with E-state index in [9.17, 15) is 0 Å². The van der Waals surface area contributed by atoms with E-state index < -0.39 is 0 Å². The van der Waals surface area contributed by atoms with E-state index in [4.69, 9.17) is 0 Å². The first-order chi connectivity index (χ1) is 11.6. The Morgan fingerprint density at radius 2 is 1.96 bits per heavy atom. The zero-order valence-electron chi connectivity index (χ0n) is 16.3. The predicted octanol–water partition coefficient (Wildman–Crippen LogP) is 7.17. The first-order valence-corrected chi connectivity index (χ1v) is 11.0. The molecule has 0 aromatic carbocycles. The zero-order valence-corrected chi connectivity index (χ0v) is 16.3. The highest BCUT2D eigenvalue weighted by molar-refractivity contribution is 5.23. The van der Waals surface area contributed by atoms with Gasteiger partial charge in [-0.25, -0.2) is 0 Å². The first kappa shape index (κ1) is 16.9. The summed E-state index contributed by atoms with van der Waals surface area (Å²) in [5, 5.41) is 0. The van der Waals surface area contributed by atoms with Gasteiger partial charge < -0.3 is 0 Å². The molecule has 0 heteroatoms. The average molecular weight is 327 g/mol. The summed E-state index contributed by atoms with van der Waals surface area (Å²) in [6, 6.07) is 0. The van der Waals surface area contributed by atoms with Crippen LogP contribution in [-0.2, 0) is 0 Å². The van der Waals surface area contributed by atoms with Gasteiger partial charge in [0.05, 0.1) is 0 Å². The summed E-state index contributed by atoms with van der Waals surface area (Å²) in [5.41, 5.74) is 2.49.